The summed E-state index contributed by atoms with van der Waals surface area (Å²) in [5, 5.41) is 0. The van der Waals surface area contributed by atoms with Crippen molar-refractivity contribution in [3.05, 3.63) is 34.3 Å². The van der Waals surface area contributed by atoms with E-state index in [0.717, 1.165) is 11.8 Å². The molecule has 0 nitrogen and oxygen atoms in total. The molecule has 122 valence electrons. The van der Waals surface area contributed by atoms with Gasteiger partial charge in [0.05, 0.1) is 4.08 Å². The van der Waals surface area contributed by atoms with Gasteiger partial charge in [-0.1, -0.05) is 60.7 Å². The number of rotatable bonds is 5. The lowest BCUT2D eigenvalue weighted by molar-refractivity contribution is 0.297. The number of unbranched alkanes of at least 4 members (excludes halogenated alkanes) is 2. The zero-order chi connectivity index (χ0) is 15.4. The summed E-state index contributed by atoms with van der Waals surface area (Å²) in [6.45, 7) is 2.31. The molecule has 0 radical (unpaired) electrons. The van der Waals surface area contributed by atoms with Gasteiger partial charge in [0.25, 0.3) is 0 Å². The Balaban J connectivity index is 1.73. The molecule has 22 heavy (non-hydrogen) atoms. The summed E-state index contributed by atoms with van der Waals surface area (Å²) in [6.07, 6.45) is 9.93. The molecular formula is C19H27BrS2. The third-order valence-electron chi connectivity index (χ3n) is 5.23. The zero-order valence-electron chi connectivity index (χ0n) is 13.5. The molecule has 0 unspecified atom stereocenters. The van der Waals surface area contributed by atoms with Crippen LogP contribution in [-0.2, 0) is 0 Å². The van der Waals surface area contributed by atoms with Gasteiger partial charge in [0.15, 0.2) is 0 Å². The van der Waals surface area contributed by atoms with E-state index in [1.807, 2.05) is 0 Å². The molecule has 1 saturated carbocycles. The highest BCUT2D eigenvalue weighted by molar-refractivity contribution is 9.10. The van der Waals surface area contributed by atoms with E-state index in [-0.39, 0.29) is 0 Å². The molecule has 0 N–H and O–H groups in total. The van der Waals surface area contributed by atoms with Gasteiger partial charge in [0.2, 0.25) is 0 Å². The van der Waals surface area contributed by atoms with Crippen LogP contribution in [0.1, 0.15) is 63.4 Å². The molecule has 1 spiro atoms. The van der Waals surface area contributed by atoms with Gasteiger partial charge in [-0.25, -0.2) is 0 Å². The van der Waals surface area contributed by atoms with Crippen LogP contribution >= 0.6 is 39.5 Å². The summed E-state index contributed by atoms with van der Waals surface area (Å²) in [6, 6.07) is 9.15. The fraction of sp³-hybridized carbons (Fsp3) is 0.684. The van der Waals surface area contributed by atoms with E-state index in [1.54, 1.807) is 5.56 Å². The second-order valence-electron chi connectivity index (χ2n) is 6.76. The first kappa shape index (κ1) is 17.2. The van der Waals surface area contributed by atoms with Crippen molar-refractivity contribution in [1.82, 2.24) is 0 Å². The molecule has 3 rings (SSSR count). The van der Waals surface area contributed by atoms with Crippen molar-refractivity contribution in [3.63, 3.8) is 0 Å². The number of halogens is 1. The molecule has 1 heterocycles. The highest BCUT2D eigenvalue weighted by Crippen LogP contribution is 2.61. The van der Waals surface area contributed by atoms with E-state index in [9.17, 15) is 0 Å². The molecule has 0 bridgehead atoms. The molecular weight excluding hydrogens is 372 g/mol. The maximum Gasteiger partial charge on any atom is 0.0682 e. The fourth-order valence-corrected chi connectivity index (χ4v) is 8.18. The molecule has 0 aromatic heterocycles. The molecule has 2 aliphatic rings. The van der Waals surface area contributed by atoms with Gasteiger partial charge in [-0.15, -0.1) is 23.5 Å². The first-order valence-corrected chi connectivity index (χ1v) is 11.5. The number of benzene rings is 1. The number of hydrogen-bond donors (Lipinski definition) is 0. The van der Waals surface area contributed by atoms with Crippen LogP contribution < -0.4 is 0 Å². The summed E-state index contributed by atoms with van der Waals surface area (Å²) < 4.78 is 1.67. The minimum atomic E-state index is 0.475. The van der Waals surface area contributed by atoms with Crippen molar-refractivity contribution in [2.24, 2.45) is 5.92 Å². The smallest absolute Gasteiger partial charge is 0.0682 e. The van der Waals surface area contributed by atoms with Gasteiger partial charge in [-0.2, -0.15) is 0 Å². The average Bonchev–Trinajstić information content (AvgIpc) is 2.98. The number of hydrogen-bond acceptors (Lipinski definition) is 2. The third-order valence-corrected chi connectivity index (χ3v) is 9.42. The lowest BCUT2D eigenvalue weighted by atomic mass is 9.76. The van der Waals surface area contributed by atoms with Gasteiger partial charge >= 0.3 is 0 Å². The maximum atomic E-state index is 3.58. The van der Waals surface area contributed by atoms with Gasteiger partial charge in [0.1, 0.15) is 0 Å². The van der Waals surface area contributed by atoms with Crippen LogP contribution in [0.25, 0.3) is 0 Å². The SMILES string of the molecule is CCCCC[C@@H]1CC[C@@H](c2ccc(Br)cc2)C2(C1)SCCS2. The van der Waals surface area contributed by atoms with Crippen molar-refractivity contribution < 1.29 is 0 Å². The van der Waals surface area contributed by atoms with Gasteiger partial charge in [-0.05, 0) is 42.9 Å². The quantitative estimate of drug-likeness (QED) is 0.485. The molecule has 1 aromatic carbocycles. The van der Waals surface area contributed by atoms with Crippen molar-refractivity contribution >= 4 is 39.5 Å². The van der Waals surface area contributed by atoms with Gasteiger partial charge in [0, 0.05) is 21.9 Å². The molecule has 1 aliphatic heterocycles. The van der Waals surface area contributed by atoms with Gasteiger partial charge in [-0.3, -0.25) is 0 Å². The Bertz CT molecular complexity index is 465. The Labute approximate surface area is 152 Å². The standard InChI is InChI=1S/C19H27BrS2/c1-2-3-4-5-15-6-11-18(16-7-9-17(20)10-8-16)19(14-15)21-12-13-22-19/h7-10,15,18H,2-6,11-14H2,1H3/t15-,18+/m1/s1. The first-order chi connectivity index (χ1) is 10.7. The lowest BCUT2D eigenvalue weighted by Gasteiger charge is -2.44. The third kappa shape index (κ3) is 3.89. The predicted molar refractivity (Wildman–Crippen MR) is 106 cm³/mol. The lowest BCUT2D eigenvalue weighted by Crippen LogP contribution is -2.35. The highest BCUT2D eigenvalue weighted by Gasteiger charge is 2.47. The Kier molecular flexibility index (Phi) is 6.25. The minimum Gasteiger partial charge on any atom is -0.143 e. The minimum absolute atomic E-state index is 0.475. The van der Waals surface area contributed by atoms with Crippen LogP contribution in [0.2, 0.25) is 0 Å². The maximum absolute atomic E-state index is 3.58. The second kappa shape index (κ2) is 7.98. The van der Waals surface area contributed by atoms with Gasteiger partial charge < -0.3 is 0 Å². The van der Waals surface area contributed by atoms with E-state index in [1.165, 1.54) is 60.9 Å². The zero-order valence-corrected chi connectivity index (χ0v) is 16.7. The van der Waals surface area contributed by atoms with Crippen molar-refractivity contribution in [1.29, 1.82) is 0 Å². The van der Waals surface area contributed by atoms with E-state index < -0.39 is 0 Å². The molecule has 1 aliphatic carbocycles. The Hall–Kier alpha value is 0.400. The van der Waals surface area contributed by atoms with E-state index in [2.05, 4.69) is 70.6 Å². The van der Waals surface area contributed by atoms with E-state index in [4.69, 9.17) is 0 Å². The molecule has 0 amide bonds. The molecule has 1 saturated heterocycles. The first-order valence-electron chi connectivity index (χ1n) is 8.77. The highest BCUT2D eigenvalue weighted by atomic mass is 79.9. The Morgan fingerprint density at radius 3 is 2.50 bits per heavy atom. The van der Waals surface area contributed by atoms with E-state index >= 15 is 0 Å². The topological polar surface area (TPSA) is 0 Å². The van der Waals surface area contributed by atoms with Crippen LogP contribution in [0.4, 0.5) is 0 Å². The Morgan fingerprint density at radius 1 is 1.09 bits per heavy atom. The van der Waals surface area contributed by atoms with Crippen LogP contribution in [0.3, 0.4) is 0 Å². The number of thioether (sulfide) groups is 2. The summed E-state index contributed by atoms with van der Waals surface area (Å²) in [5.74, 6) is 4.41. The van der Waals surface area contributed by atoms with E-state index in [0.29, 0.717) is 4.08 Å². The van der Waals surface area contributed by atoms with Crippen molar-refractivity contribution in [3.8, 4) is 0 Å². The summed E-state index contributed by atoms with van der Waals surface area (Å²) in [4.78, 5) is 0. The van der Waals surface area contributed by atoms with Crippen molar-refractivity contribution in [2.45, 2.75) is 61.9 Å². The predicted octanol–water partition coefficient (Wildman–Crippen LogP) is 7.09. The largest absolute Gasteiger partial charge is 0.143 e. The molecule has 1 aromatic rings. The van der Waals surface area contributed by atoms with Crippen LogP contribution in [0.5, 0.6) is 0 Å². The second-order valence-corrected chi connectivity index (χ2v) is 10.8. The summed E-state index contributed by atoms with van der Waals surface area (Å²) >= 11 is 8.11. The Morgan fingerprint density at radius 2 is 1.82 bits per heavy atom. The molecule has 2 fully saturated rings. The summed E-state index contributed by atoms with van der Waals surface area (Å²) in [5.41, 5.74) is 1.57. The normalized spacial score (nSPS) is 27.4. The van der Waals surface area contributed by atoms with Crippen molar-refractivity contribution in [2.75, 3.05) is 11.5 Å². The molecule has 2 atom stereocenters. The fourth-order valence-electron chi connectivity index (χ4n) is 4.10. The van der Waals surface area contributed by atoms with Crippen LogP contribution in [-0.4, -0.2) is 15.6 Å². The summed E-state index contributed by atoms with van der Waals surface area (Å²) in [7, 11) is 0. The monoisotopic (exact) mass is 398 g/mol. The van der Waals surface area contributed by atoms with Crippen LogP contribution in [0, 0.1) is 5.92 Å². The molecule has 3 heteroatoms. The van der Waals surface area contributed by atoms with Crippen LogP contribution in [0.15, 0.2) is 28.7 Å². The average molecular weight is 399 g/mol.